The predicted molar refractivity (Wildman–Crippen MR) is 48.3 cm³/mol. The third-order valence-corrected chi connectivity index (χ3v) is 2.40. The van der Waals surface area contributed by atoms with E-state index in [1.807, 2.05) is 0 Å². The van der Waals surface area contributed by atoms with Crippen LogP contribution in [-0.4, -0.2) is 23.0 Å². The zero-order chi connectivity index (χ0) is 11.8. The van der Waals surface area contributed by atoms with Gasteiger partial charge < -0.3 is 9.32 Å². The van der Waals surface area contributed by atoms with E-state index in [9.17, 15) is 18.0 Å². The van der Waals surface area contributed by atoms with Crippen LogP contribution in [0.5, 0.6) is 0 Å². The second-order valence-electron chi connectivity index (χ2n) is 3.74. The minimum atomic E-state index is -4.81. The van der Waals surface area contributed by atoms with Crippen LogP contribution in [0.3, 0.4) is 0 Å². The number of hydrogen-bond acceptors (Lipinski definition) is 2. The molecule has 1 amide bonds. The lowest BCUT2D eigenvalue weighted by atomic mass is 10.3. The monoisotopic (exact) mass is 233 g/mol. The molecule has 0 unspecified atom stereocenters. The Morgan fingerprint density at radius 2 is 2.19 bits per heavy atom. The molecule has 1 fully saturated rings. The maximum Gasteiger partial charge on any atom is 0.471 e. The second-order valence-corrected chi connectivity index (χ2v) is 3.74. The smallest absolute Gasteiger partial charge is 0.467 e. The molecule has 0 aromatic carbocycles. The maximum absolute atomic E-state index is 12.3. The number of alkyl halides is 3. The number of carbonyl (C=O) groups excluding carboxylic acids is 1. The summed E-state index contributed by atoms with van der Waals surface area (Å²) in [6.45, 7) is -0.115. The summed E-state index contributed by atoms with van der Waals surface area (Å²) in [7, 11) is 0. The fourth-order valence-corrected chi connectivity index (χ4v) is 1.49. The van der Waals surface area contributed by atoms with E-state index in [0.29, 0.717) is 18.6 Å². The Morgan fingerprint density at radius 3 is 2.62 bits per heavy atom. The molecular weight excluding hydrogens is 223 g/mol. The zero-order valence-electron chi connectivity index (χ0n) is 8.33. The number of amides is 1. The molecule has 0 saturated heterocycles. The molecule has 0 aliphatic heterocycles. The van der Waals surface area contributed by atoms with Gasteiger partial charge in [-0.2, -0.15) is 13.2 Å². The number of furan rings is 1. The number of rotatable bonds is 3. The lowest BCUT2D eigenvalue weighted by Gasteiger charge is -2.22. The van der Waals surface area contributed by atoms with Gasteiger partial charge in [-0.15, -0.1) is 0 Å². The van der Waals surface area contributed by atoms with Crippen molar-refractivity contribution in [3.8, 4) is 0 Å². The quantitative estimate of drug-likeness (QED) is 0.802. The van der Waals surface area contributed by atoms with Gasteiger partial charge in [-0.1, -0.05) is 0 Å². The van der Waals surface area contributed by atoms with Crippen molar-refractivity contribution in [2.24, 2.45) is 0 Å². The molecule has 1 aliphatic rings. The average Bonchev–Trinajstić information content (AvgIpc) is 2.90. The van der Waals surface area contributed by atoms with Gasteiger partial charge in [-0.3, -0.25) is 4.79 Å². The third-order valence-electron chi connectivity index (χ3n) is 2.40. The van der Waals surface area contributed by atoms with Crippen LogP contribution < -0.4 is 0 Å². The average molecular weight is 233 g/mol. The normalized spacial score (nSPS) is 16.2. The molecule has 0 radical (unpaired) electrons. The zero-order valence-corrected chi connectivity index (χ0v) is 8.33. The van der Waals surface area contributed by atoms with Gasteiger partial charge in [0.1, 0.15) is 5.76 Å². The van der Waals surface area contributed by atoms with Crippen LogP contribution in [0.25, 0.3) is 0 Å². The van der Waals surface area contributed by atoms with Gasteiger partial charge in [-0.05, 0) is 25.0 Å². The van der Waals surface area contributed by atoms with Gasteiger partial charge in [0.25, 0.3) is 0 Å². The lowest BCUT2D eigenvalue weighted by Crippen LogP contribution is -2.41. The minimum absolute atomic E-state index is 0.115. The molecule has 2 rings (SSSR count). The molecule has 1 aromatic rings. The standard InChI is InChI=1S/C10H10F3NO2/c11-10(12,13)9(15)14(7-3-4-7)6-8-2-1-5-16-8/h1-2,5,7H,3-4,6H2. The second kappa shape index (κ2) is 3.84. The minimum Gasteiger partial charge on any atom is -0.467 e. The molecule has 16 heavy (non-hydrogen) atoms. The van der Waals surface area contributed by atoms with Gasteiger partial charge in [-0.25, -0.2) is 0 Å². The summed E-state index contributed by atoms with van der Waals surface area (Å²) < 4.78 is 41.8. The molecule has 88 valence electrons. The molecule has 0 atom stereocenters. The number of halogens is 3. The summed E-state index contributed by atoms with van der Waals surface area (Å²) >= 11 is 0. The number of carbonyl (C=O) groups is 1. The molecule has 1 heterocycles. The Hall–Kier alpha value is -1.46. The third kappa shape index (κ3) is 2.37. The van der Waals surface area contributed by atoms with E-state index in [1.54, 1.807) is 12.1 Å². The molecular formula is C10H10F3NO2. The van der Waals surface area contributed by atoms with Gasteiger partial charge in [0.15, 0.2) is 0 Å². The molecule has 6 heteroatoms. The highest BCUT2D eigenvalue weighted by atomic mass is 19.4. The van der Waals surface area contributed by atoms with Crippen molar-refractivity contribution in [2.45, 2.75) is 31.6 Å². The number of hydrogen-bond donors (Lipinski definition) is 0. The highest BCUT2D eigenvalue weighted by Gasteiger charge is 2.47. The first-order chi connectivity index (χ1) is 7.48. The topological polar surface area (TPSA) is 33.5 Å². The van der Waals surface area contributed by atoms with Crippen molar-refractivity contribution in [1.29, 1.82) is 0 Å². The Bertz CT molecular complexity index is 368. The fraction of sp³-hybridized carbons (Fsp3) is 0.500. The van der Waals surface area contributed by atoms with Crippen molar-refractivity contribution in [3.63, 3.8) is 0 Å². The highest BCUT2D eigenvalue weighted by molar-refractivity contribution is 5.82. The van der Waals surface area contributed by atoms with E-state index < -0.39 is 12.1 Å². The maximum atomic E-state index is 12.3. The molecule has 1 aromatic heterocycles. The first kappa shape index (κ1) is 11.0. The van der Waals surface area contributed by atoms with Crippen LogP contribution in [0.15, 0.2) is 22.8 Å². The predicted octanol–water partition coefficient (Wildman–Crippen LogP) is 2.33. The van der Waals surface area contributed by atoms with Crippen LogP contribution >= 0.6 is 0 Å². The van der Waals surface area contributed by atoms with E-state index in [2.05, 4.69) is 0 Å². The summed E-state index contributed by atoms with van der Waals surface area (Å²) in [6.07, 6.45) is -2.18. The van der Waals surface area contributed by atoms with Crippen molar-refractivity contribution in [3.05, 3.63) is 24.2 Å². The highest BCUT2D eigenvalue weighted by Crippen LogP contribution is 2.32. The summed E-state index contributed by atoms with van der Waals surface area (Å²) in [5.41, 5.74) is 0. The van der Waals surface area contributed by atoms with Crippen molar-refractivity contribution in [2.75, 3.05) is 0 Å². The summed E-state index contributed by atoms with van der Waals surface area (Å²) in [6, 6.07) is 2.84. The van der Waals surface area contributed by atoms with E-state index in [-0.39, 0.29) is 12.6 Å². The Balaban J connectivity index is 2.09. The van der Waals surface area contributed by atoms with E-state index in [1.165, 1.54) is 6.26 Å². The Kier molecular flexibility index (Phi) is 2.65. The van der Waals surface area contributed by atoms with Gasteiger partial charge in [0, 0.05) is 6.04 Å². The SMILES string of the molecule is O=C(N(Cc1ccco1)C1CC1)C(F)(F)F. The van der Waals surface area contributed by atoms with Crippen molar-refractivity contribution < 1.29 is 22.4 Å². The Labute approximate surface area is 89.8 Å². The Morgan fingerprint density at radius 1 is 1.50 bits per heavy atom. The van der Waals surface area contributed by atoms with Crippen LogP contribution in [-0.2, 0) is 11.3 Å². The summed E-state index contributed by atoms with van der Waals surface area (Å²) in [5.74, 6) is -1.42. The van der Waals surface area contributed by atoms with E-state index in [4.69, 9.17) is 4.42 Å². The van der Waals surface area contributed by atoms with Gasteiger partial charge >= 0.3 is 12.1 Å². The molecule has 3 nitrogen and oxygen atoms in total. The molecule has 0 bridgehead atoms. The van der Waals surface area contributed by atoms with Crippen LogP contribution in [0.1, 0.15) is 18.6 Å². The lowest BCUT2D eigenvalue weighted by molar-refractivity contribution is -0.187. The molecule has 1 saturated carbocycles. The van der Waals surface area contributed by atoms with Gasteiger partial charge in [0.2, 0.25) is 0 Å². The summed E-state index contributed by atoms with van der Waals surface area (Å²) in [4.78, 5) is 12.0. The van der Waals surface area contributed by atoms with Crippen LogP contribution in [0.2, 0.25) is 0 Å². The van der Waals surface area contributed by atoms with Crippen LogP contribution in [0, 0.1) is 0 Å². The molecule has 0 spiro atoms. The fourth-order valence-electron chi connectivity index (χ4n) is 1.49. The first-order valence-electron chi connectivity index (χ1n) is 4.88. The van der Waals surface area contributed by atoms with Crippen molar-refractivity contribution >= 4 is 5.91 Å². The largest absolute Gasteiger partial charge is 0.471 e. The van der Waals surface area contributed by atoms with E-state index in [0.717, 1.165) is 4.90 Å². The first-order valence-corrected chi connectivity index (χ1v) is 4.88. The van der Waals surface area contributed by atoms with Crippen LogP contribution in [0.4, 0.5) is 13.2 Å². The summed E-state index contributed by atoms with van der Waals surface area (Å²) in [5, 5.41) is 0. The number of nitrogens with zero attached hydrogens (tertiary/aromatic N) is 1. The van der Waals surface area contributed by atoms with E-state index >= 15 is 0 Å². The van der Waals surface area contributed by atoms with Gasteiger partial charge in [0.05, 0.1) is 12.8 Å². The molecule has 0 N–H and O–H groups in total. The molecule has 1 aliphatic carbocycles. The van der Waals surface area contributed by atoms with Crippen molar-refractivity contribution in [1.82, 2.24) is 4.90 Å².